The number of aromatic hydroxyl groups is 1. The number of rotatable bonds is 6. The number of alkyl halides is 3. The van der Waals surface area contributed by atoms with E-state index in [0.29, 0.717) is 5.01 Å². The molecule has 0 aliphatic carbocycles. The number of carbonyl (C=O) groups is 2. The number of esters is 1. The molecule has 0 radical (unpaired) electrons. The van der Waals surface area contributed by atoms with Gasteiger partial charge >= 0.3 is 12.1 Å². The van der Waals surface area contributed by atoms with Gasteiger partial charge in [0.05, 0.1) is 34.5 Å². The molecule has 1 aliphatic rings. The second kappa shape index (κ2) is 9.65. The number of anilines is 1. The van der Waals surface area contributed by atoms with Crippen molar-refractivity contribution in [2.24, 2.45) is 5.10 Å². The Morgan fingerprint density at radius 1 is 1.18 bits per heavy atom. The van der Waals surface area contributed by atoms with E-state index in [0.717, 1.165) is 6.08 Å². The van der Waals surface area contributed by atoms with E-state index >= 15 is 0 Å². The number of benzene rings is 2. The molecule has 1 heterocycles. The normalized spacial score (nSPS) is 15.1. The average molecular weight is 527 g/mol. The number of halogens is 4. The summed E-state index contributed by atoms with van der Waals surface area (Å²) in [6.45, 7) is 3.69. The first-order valence-corrected chi connectivity index (χ1v) is 10.5. The van der Waals surface area contributed by atoms with Crippen LogP contribution >= 0.6 is 15.9 Å². The SMILES string of the molecule is CCOC(=O)c1ccc(N2N=C(C(F)(F)F)/C(=C/c3cc(Br)c(O)c(OCC)c3)C2=O)cc1. The fourth-order valence-corrected chi connectivity index (χ4v) is 3.45. The van der Waals surface area contributed by atoms with Crippen molar-refractivity contribution in [3.63, 3.8) is 0 Å². The summed E-state index contributed by atoms with van der Waals surface area (Å²) in [7, 11) is 0. The molecule has 1 N–H and O–H groups in total. The summed E-state index contributed by atoms with van der Waals surface area (Å²) >= 11 is 3.12. The largest absolute Gasteiger partial charge is 0.503 e. The Morgan fingerprint density at radius 2 is 1.85 bits per heavy atom. The molecule has 3 rings (SSSR count). The molecule has 1 amide bonds. The van der Waals surface area contributed by atoms with Crippen LogP contribution in [0.1, 0.15) is 29.8 Å². The molecule has 7 nitrogen and oxygen atoms in total. The highest BCUT2D eigenvalue weighted by molar-refractivity contribution is 9.10. The topological polar surface area (TPSA) is 88.4 Å². The van der Waals surface area contributed by atoms with Crippen molar-refractivity contribution in [2.75, 3.05) is 18.2 Å². The maximum atomic E-state index is 13.7. The minimum atomic E-state index is -4.90. The quantitative estimate of drug-likeness (QED) is 0.419. The molecule has 0 aromatic heterocycles. The lowest BCUT2D eigenvalue weighted by molar-refractivity contribution is -0.114. The number of amides is 1. The van der Waals surface area contributed by atoms with Crippen molar-refractivity contribution in [2.45, 2.75) is 20.0 Å². The highest BCUT2D eigenvalue weighted by atomic mass is 79.9. The minimum absolute atomic E-state index is 0.0418. The van der Waals surface area contributed by atoms with Crippen molar-refractivity contribution in [1.82, 2.24) is 0 Å². The summed E-state index contributed by atoms with van der Waals surface area (Å²) in [4.78, 5) is 24.7. The lowest BCUT2D eigenvalue weighted by Crippen LogP contribution is -2.25. The fourth-order valence-electron chi connectivity index (χ4n) is 2.99. The molecule has 0 unspecified atom stereocenters. The first kappa shape index (κ1) is 24.3. The predicted molar refractivity (Wildman–Crippen MR) is 118 cm³/mol. The van der Waals surface area contributed by atoms with E-state index in [1.807, 2.05) is 0 Å². The molecule has 0 spiro atoms. The smallest absolute Gasteiger partial charge is 0.435 e. The van der Waals surface area contributed by atoms with Crippen molar-refractivity contribution in [3.05, 3.63) is 57.6 Å². The Kier molecular flexibility index (Phi) is 7.11. The van der Waals surface area contributed by atoms with Crippen LogP contribution < -0.4 is 9.75 Å². The Bertz CT molecular complexity index is 1140. The first-order chi connectivity index (χ1) is 15.6. The van der Waals surface area contributed by atoms with E-state index in [1.54, 1.807) is 13.8 Å². The monoisotopic (exact) mass is 526 g/mol. The molecule has 0 fully saturated rings. The highest BCUT2D eigenvalue weighted by Crippen LogP contribution is 2.38. The second-order valence-corrected chi connectivity index (χ2v) is 7.53. The summed E-state index contributed by atoms with van der Waals surface area (Å²) in [5.41, 5.74) is -1.65. The minimum Gasteiger partial charge on any atom is -0.503 e. The predicted octanol–water partition coefficient (Wildman–Crippen LogP) is 5.08. The number of phenols is 1. The maximum Gasteiger partial charge on any atom is 0.435 e. The van der Waals surface area contributed by atoms with Gasteiger partial charge in [0.25, 0.3) is 5.91 Å². The maximum absolute atomic E-state index is 13.7. The number of nitrogens with zero attached hydrogens (tertiary/aromatic N) is 2. The molecular formula is C22H18BrF3N2O5. The molecular weight excluding hydrogens is 509 g/mol. The molecule has 174 valence electrons. The van der Waals surface area contributed by atoms with Crippen LogP contribution in [0.5, 0.6) is 11.5 Å². The molecule has 0 saturated carbocycles. The van der Waals surface area contributed by atoms with Crippen molar-refractivity contribution >= 4 is 45.3 Å². The molecule has 11 heteroatoms. The van der Waals surface area contributed by atoms with Gasteiger partial charge in [-0.2, -0.15) is 23.3 Å². The highest BCUT2D eigenvalue weighted by Gasteiger charge is 2.46. The average Bonchev–Trinajstić information content (AvgIpc) is 3.08. The lowest BCUT2D eigenvalue weighted by Gasteiger charge is -2.12. The Hall–Kier alpha value is -3.34. The van der Waals surface area contributed by atoms with Gasteiger partial charge in [0.2, 0.25) is 0 Å². The zero-order chi connectivity index (χ0) is 24.3. The third-order valence-corrected chi connectivity index (χ3v) is 5.04. The van der Waals surface area contributed by atoms with Crippen molar-refractivity contribution in [3.8, 4) is 11.5 Å². The Balaban J connectivity index is 2.02. The molecule has 2 aromatic rings. The van der Waals surface area contributed by atoms with Crippen LogP contribution in [0.3, 0.4) is 0 Å². The summed E-state index contributed by atoms with van der Waals surface area (Å²) < 4.78 is 51.4. The number of hydrogen-bond acceptors (Lipinski definition) is 6. The van der Waals surface area contributed by atoms with Gasteiger partial charge in [-0.05, 0) is 77.8 Å². The van der Waals surface area contributed by atoms with Gasteiger partial charge in [0, 0.05) is 0 Å². The lowest BCUT2D eigenvalue weighted by atomic mass is 10.1. The van der Waals surface area contributed by atoms with Crippen molar-refractivity contribution < 1.29 is 37.3 Å². The third-order valence-electron chi connectivity index (χ3n) is 4.43. The molecule has 33 heavy (non-hydrogen) atoms. The van der Waals surface area contributed by atoms with E-state index < -0.39 is 29.3 Å². The van der Waals surface area contributed by atoms with Gasteiger partial charge in [0.1, 0.15) is 0 Å². The van der Waals surface area contributed by atoms with Gasteiger partial charge in [-0.25, -0.2) is 4.79 Å². The van der Waals surface area contributed by atoms with E-state index in [2.05, 4.69) is 21.0 Å². The summed E-state index contributed by atoms with van der Waals surface area (Å²) in [6.07, 6.45) is -3.88. The summed E-state index contributed by atoms with van der Waals surface area (Å²) in [6, 6.07) is 7.93. The van der Waals surface area contributed by atoms with Crippen molar-refractivity contribution in [1.29, 1.82) is 0 Å². The number of hydrazone groups is 1. The summed E-state index contributed by atoms with van der Waals surface area (Å²) in [5, 5.41) is 14.1. The first-order valence-electron chi connectivity index (χ1n) is 9.71. The molecule has 0 saturated heterocycles. The number of carbonyl (C=O) groups excluding carboxylic acids is 2. The van der Waals surface area contributed by atoms with Crippen LogP contribution in [0.25, 0.3) is 6.08 Å². The van der Waals surface area contributed by atoms with Gasteiger partial charge < -0.3 is 14.6 Å². The molecule has 1 aliphatic heterocycles. The van der Waals surface area contributed by atoms with E-state index in [9.17, 15) is 27.9 Å². The number of phenolic OH excluding ortho intramolecular Hbond substituents is 1. The van der Waals surface area contributed by atoms with Crippen LogP contribution in [0.2, 0.25) is 0 Å². The number of hydrogen-bond donors (Lipinski definition) is 1. The van der Waals surface area contributed by atoms with Crippen LogP contribution in [-0.2, 0) is 9.53 Å². The van der Waals surface area contributed by atoms with E-state index in [-0.39, 0.29) is 46.0 Å². The summed E-state index contributed by atoms with van der Waals surface area (Å²) in [5.74, 6) is -1.78. The third kappa shape index (κ3) is 5.19. The fraction of sp³-hybridized carbons (Fsp3) is 0.227. The van der Waals surface area contributed by atoms with Gasteiger partial charge in [-0.3, -0.25) is 4.79 Å². The van der Waals surface area contributed by atoms with Gasteiger partial charge in [-0.15, -0.1) is 0 Å². The molecule has 0 atom stereocenters. The molecule has 0 bridgehead atoms. The van der Waals surface area contributed by atoms with Crippen LogP contribution in [0.4, 0.5) is 18.9 Å². The Labute approximate surface area is 195 Å². The van der Waals surface area contributed by atoms with Gasteiger partial charge in [-0.1, -0.05) is 0 Å². The zero-order valence-corrected chi connectivity index (χ0v) is 19.0. The second-order valence-electron chi connectivity index (χ2n) is 6.67. The van der Waals surface area contributed by atoms with Crippen LogP contribution in [0, 0.1) is 0 Å². The Morgan fingerprint density at radius 3 is 2.42 bits per heavy atom. The van der Waals surface area contributed by atoms with Gasteiger partial charge in [0.15, 0.2) is 17.2 Å². The standard InChI is InChI=1S/C22H18BrF3N2O5/c1-3-32-17-11-12(10-16(23)18(17)29)9-15-19(22(24,25)26)27-28(20(15)30)14-7-5-13(6-8-14)21(31)33-4-2/h5-11,29H,3-4H2,1-2H3/b15-9-. The van der Waals surface area contributed by atoms with E-state index in [4.69, 9.17) is 9.47 Å². The van der Waals surface area contributed by atoms with Crippen LogP contribution in [-0.4, -0.2) is 42.1 Å². The number of ether oxygens (including phenoxy) is 2. The zero-order valence-electron chi connectivity index (χ0n) is 17.4. The molecule has 2 aromatic carbocycles. The van der Waals surface area contributed by atoms with E-state index in [1.165, 1.54) is 36.4 Å². The van der Waals surface area contributed by atoms with Crippen LogP contribution in [0.15, 0.2) is 51.5 Å².